The van der Waals surface area contributed by atoms with Crippen molar-refractivity contribution in [1.82, 2.24) is 5.09 Å². The third kappa shape index (κ3) is 7.27. The van der Waals surface area contributed by atoms with Gasteiger partial charge >= 0.3 is 7.67 Å². The first-order chi connectivity index (χ1) is 7.99. The average Bonchev–Trinajstić information content (AvgIpc) is 2.69. The largest absolute Gasteiger partial charge is 0.408 e. The first-order valence-corrected chi connectivity index (χ1v) is 8.20. The Kier molecular flexibility index (Phi) is 6.82. The number of nitrogens with zero attached hydrogens (tertiary/aromatic N) is 1. The van der Waals surface area contributed by atoms with E-state index in [1.165, 1.54) is 12.8 Å². The predicted octanol–water partition coefficient (Wildman–Crippen LogP) is 3.03. The van der Waals surface area contributed by atoms with Gasteiger partial charge in [-0.05, 0) is 25.2 Å². The van der Waals surface area contributed by atoms with Crippen LogP contribution in [0.4, 0.5) is 0 Å². The van der Waals surface area contributed by atoms with Gasteiger partial charge in [0.1, 0.15) is 4.84 Å². The minimum Gasteiger partial charge on any atom is -0.312 e. The molecule has 0 heterocycles. The zero-order chi connectivity index (χ0) is 12.7. The van der Waals surface area contributed by atoms with Gasteiger partial charge < -0.3 is 4.62 Å². The molecule has 0 saturated heterocycles. The molecular formula is C9H18Cl2N3O2P. The maximum atomic E-state index is 11.6. The van der Waals surface area contributed by atoms with Crippen molar-refractivity contribution in [3.05, 3.63) is 0 Å². The number of oxime groups is 1. The number of rotatable bonds is 7. The summed E-state index contributed by atoms with van der Waals surface area (Å²) in [6, 6.07) is 0. The third-order valence-electron chi connectivity index (χ3n) is 2.53. The molecule has 1 aliphatic carbocycles. The molecule has 0 aromatic rings. The Morgan fingerprint density at radius 2 is 2.18 bits per heavy atom. The lowest BCUT2D eigenvalue weighted by molar-refractivity contribution is 0.324. The van der Waals surface area contributed by atoms with Gasteiger partial charge in [0, 0.05) is 12.8 Å². The summed E-state index contributed by atoms with van der Waals surface area (Å²) in [5.74, 6) is 0.421. The van der Waals surface area contributed by atoms with E-state index in [4.69, 9.17) is 33.3 Å². The Bertz CT molecular complexity index is 296. The standard InChI is InChI=1S/C9H18Cl2N3O2P/c10-9(11)5-6-14-17(12,15)16-13-7-8-3-1-2-4-8/h7-9H,1-6H2,(H3,12,14,15)/b13-7-. The van der Waals surface area contributed by atoms with Gasteiger partial charge in [-0.3, -0.25) is 0 Å². The summed E-state index contributed by atoms with van der Waals surface area (Å²) in [5.41, 5.74) is 5.41. The molecule has 0 spiro atoms. The summed E-state index contributed by atoms with van der Waals surface area (Å²) in [6.45, 7) is 0.324. The van der Waals surface area contributed by atoms with Crippen LogP contribution in [0.15, 0.2) is 5.16 Å². The van der Waals surface area contributed by atoms with Crippen molar-refractivity contribution in [2.24, 2.45) is 16.6 Å². The minimum atomic E-state index is -3.37. The predicted molar refractivity (Wildman–Crippen MR) is 71.4 cm³/mol. The first-order valence-electron chi connectivity index (χ1n) is 5.64. The van der Waals surface area contributed by atoms with Crippen LogP contribution in [0.5, 0.6) is 0 Å². The molecule has 1 aliphatic rings. The lowest BCUT2D eigenvalue weighted by Crippen LogP contribution is -2.19. The molecule has 8 heteroatoms. The van der Waals surface area contributed by atoms with Crippen molar-refractivity contribution in [3.8, 4) is 0 Å². The van der Waals surface area contributed by atoms with Crippen molar-refractivity contribution in [1.29, 1.82) is 0 Å². The summed E-state index contributed by atoms with van der Waals surface area (Å²) in [4.78, 5) is -0.510. The highest BCUT2D eigenvalue weighted by molar-refractivity contribution is 7.54. The van der Waals surface area contributed by atoms with Gasteiger partial charge in [0.25, 0.3) is 0 Å². The molecule has 3 N–H and O–H groups in total. The van der Waals surface area contributed by atoms with Gasteiger partial charge in [0.2, 0.25) is 0 Å². The number of hydrogen-bond acceptors (Lipinski definition) is 3. The van der Waals surface area contributed by atoms with E-state index in [-0.39, 0.29) is 0 Å². The third-order valence-corrected chi connectivity index (χ3v) is 3.97. The molecule has 1 unspecified atom stereocenters. The monoisotopic (exact) mass is 301 g/mol. The van der Waals surface area contributed by atoms with Gasteiger partial charge in [-0.1, -0.05) is 18.0 Å². The van der Waals surface area contributed by atoms with Gasteiger partial charge in [0.05, 0.1) is 0 Å². The number of halogens is 2. The molecule has 1 rings (SSSR count). The average molecular weight is 302 g/mol. The summed E-state index contributed by atoms with van der Waals surface area (Å²) in [7, 11) is -3.37. The topological polar surface area (TPSA) is 76.7 Å². The molecule has 5 nitrogen and oxygen atoms in total. The van der Waals surface area contributed by atoms with E-state index in [9.17, 15) is 4.57 Å². The lowest BCUT2D eigenvalue weighted by atomic mass is 10.1. The SMILES string of the molecule is NP(=O)(NCCC(Cl)Cl)O/N=C\C1CCCC1. The number of nitrogens with one attached hydrogen (secondary N) is 1. The fourth-order valence-corrected chi connectivity index (χ4v) is 2.56. The Morgan fingerprint density at radius 3 is 2.76 bits per heavy atom. The minimum absolute atomic E-state index is 0.324. The van der Waals surface area contributed by atoms with Crippen LogP contribution in [0.1, 0.15) is 32.1 Å². The van der Waals surface area contributed by atoms with E-state index in [2.05, 4.69) is 10.2 Å². The Morgan fingerprint density at radius 1 is 1.53 bits per heavy atom. The van der Waals surface area contributed by atoms with Crippen LogP contribution < -0.4 is 10.6 Å². The molecule has 1 saturated carbocycles. The van der Waals surface area contributed by atoms with E-state index < -0.39 is 12.5 Å². The molecule has 1 fully saturated rings. The molecule has 0 bridgehead atoms. The van der Waals surface area contributed by atoms with E-state index in [0.29, 0.717) is 18.9 Å². The van der Waals surface area contributed by atoms with Crippen molar-refractivity contribution in [3.63, 3.8) is 0 Å². The highest BCUT2D eigenvalue weighted by Gasteiger charge is 2.18. The Hall–Kier alpha value is 0.200. The van der Waals surface area contributed by atoms with Crippen LogP contribution in [0.2, 0.25) is 0 Å². The first kappa shape index (κ1) is 15.3. The molecule has 0 amide bonds. The van der Waals surface area contributed by atoms with Crippen molar-refractivity contribution in [2.45, 2.75) is 36.9 Å². The smallest absolute Gasteiger partial charge is 0.312 e. The molecule has 100 valence electrons. The van der Waals surface area contributed by atoms with Gasteiger partial charge in [-0.25, -0.2) is 15.2 Å². The van der Waals surface area contributed by atoms with Gasteiger partial charge in [-0.2, -0.15) is 0 Å². The van der Waals surface area contributed by atoms with E-state index in [1.807, 2.05) is 0 Å². The quantitative estimate of drug-likeness (QED) is 0.328. The second-order valence-electron chi connectivity index (χ2n) is 4.07. The van der Waals surface area contributed by atoms with Crippen LogP contribution >= 0.6 is 30.9 Å². The second kappa shape index (κ2) is 7.59. The maximum absolute atomic E-state index is 11.6. The maximum Gasteiger partial charge on any atom is 0.408 e. The molecule has 0 aromatic carbocycles. The lowest BCUT2D eigenvalue weighted by Gasteiger charge is -2.11. The number of hydrogen-bond donors (Lipinski definition) is 2. The van der Waals surface area contributed by atoms with Crippen LogP contribution in [-0.2, 0) is 9.19 Å². The molecular weight excluding hydrogens is 284 g/mol. The molecule has 1 atom stereocenters. The van der Waals surface area contributed by atoms with E-state index in [1.54, 1.807) is 6.21 Å². The van der Waals surface area contributed by atoms with E-state index in [0.717, 1.165) is 12.8 Å². The fraction of sp³-hybridized carbons (Fsp3) is 0.889. The summed E-state index contributed by atoms with van der Waals surface area (Å²) in [5, 5.41) is 6.23. The second-order valence-corrected chi connectivity index (χ2v) is 7.02. The summed E-state index contributed by atoms with van der Waals surface area (Å²) >= 11 is 11.0. The number of alkyl halides is 2. The zero-order valence-corrected chi connectivity index (χ0v) is 11.9. The van der Waals surface area contributed by atoms with Crippen LogP contribution in [-0.4, -0.2) is 17.6 Å². The molecule has 0 aromatic heterocycles. The van der Waals surface area contributed by atoms with Crippen LogP contribution in [0, 0.1) is 5.92 Å². The number of nitrogens with two attached hydrogens (primary N) is 1. The normalized spacial score (nSPS) is 21.2. The summed E-state index contributed by atoms with van der Waals surface area (Å²) < 4.78 is 16.4. The molecule has 17 heavy (non-hydrogen) atoms. The van der Waals surface area contributed by atoms with Crippen LogP contribution in [0.3, 0.4) is 0 Å². The zero-order valence-electron chi connectivity index (χ0n) is 9.52. The summed E-state index contributed by atoms with van der Waals surface area (Å²) in [6.07, 6.45) is 6.76. The Balaban J connectivity index is 2.21. The highest BCUT2D eigenvalue weighted by Crippen LogP contribution is 2.33. The van der Waals surface area contributed by atoms with Crippen molar-refractivity contribution < 1.29 is 9.19 Å². The molecule has 0 aliphatic heterocycles. The highest BCUT2D eigenvalue weighted by atomic mass is 35.5. The van der Waals surface area contributed by atoms with Gasteiger partial charge in [0.15, 0.2) is 0 Å². The van der Waals surface area contributed by atoms with Crippen molar-refractivity contribution in [2.75, 3.05) is 6.54 Å². The van der Waals surface area contributed by atoms with Gasteiger partial charge in [-0.15, -0.1) is 23.2 Å². The fourth-order valence-electron chi connectivity index (χ4n) is 1.65. The Labute approximate surface area is 112 Å². The van der Waals surface area contributed by atoms with E-state index >= 15 is 0 Å². The van der Waals surface area contributed by atoms with Crippen LogP contribution in [0.25, 0.3) is 0 Å². The molecule has 0 radical (unpaired) electrons. The van der Waals surface area contributed by atoms with Crippen molar-refractivity contribution >= 4 is 37.1 Å².